The molecule has 1 heterocycles. The summed E-state index contributed by atoms with van der Waals surface area (Å²) in [5.41, 5.74) is 1.11. The van der Waals surface area contributed by atoms with Crippen LogP contribution in [0.25, 0.3) is 0 Å². The largest absolute Gasteiger partial charge is 0.308 e. The van der Waals surface area contributed by atoms with Crippen LogP contribution in [0.2, 0.25) is 0 Å². The fourth-order valence-electron chi connectivity index (χ4n) is 2.19. The van der Waals surface area contributed by atoms with Crippen molar-refractivity contribution in [1.82, 2.24) is 10.3 Å². The van der Waals surface area contributed by atoms with E-state index in [1.165, 1.54) is 19.3 Å². The number of nitrogens with one attached hydrogen (secondary N) is 1. The maximum Gasteiger partial charge on any atom is 0.106 e. The van der Waals surface area contributed by atoms with E-state index in [9.17, 15) is 0 Å². The standard InChI is InChI=1S/C12H17BrN2/c1-9-5-6-10(7-9)14-8-11-3-2-4-12(13)15-11/h2-4,9-10,14H,5-8H2,1H3. The molecule has 2 rings (SSSR count). The molecular formula is C12H17BrN2. The van der Waals surface area contributed by atoms with Crippen molar-refractivity contribution in [3.05, 3.63) is 28.5 Å². The van der Waals surface area contributed by atoms with Gasteiger partial charge in [0.1, 0.15) is 4.60 Å². The van der Waals surface area contributed by atoms with E-state index >= 15 is 0 Å². The van der Waals surface area contributed by atoms with Crippen molar-refractivity contribution in [2.75, 3.05) is 0 Å². The number of rotatable bonds is 3. The second kappa shape index (κ2) is 5.08. The zero-order chi connectivity index (χ0) is 10.7. The second-order valence-corrected chi connectivity index (χ2v) is 5.26. The van der Waals surface area contributed by atoms with E-state index in [-0.39, 0.29) is 0 Å². The molecule has 0 amide bonds. The Balaban J connectivity index is 1.83. The van der Waals surface area contributed by atoms with Crippen LogP contribution in [0.1, 0.15) is 31.9 Å². The van der Waals surface area contributed by atoms with Gasteiger partial charge >= 0.3 is 0 Å². The highest BCUT2D eigenvalue weighted by Crippen LogP contribution is 2.24. The zero-order valence-electron chi connectivity index (χ0n) is 9.04. The van der Waals surface area contributed by atoms with E-state index in [0.29, 0.717) is 6.04 Å². The Hall–Kier alpha value is -0.410. The number of pyridine rings is 1. The maximum atomic E-state index is 4.41. The summed E-state index contributed by atoms with van der Waals surface area (Å²) in [6.45, 7) is 3.22. The Morgan fingerprint density at radius 3 is 3.00 bits per heavy atom. The number of hydrogen-bond donors (Lipinski definition) is 1. The van der Waals surface area contributed by atoms with Gasteiger partial charge in [0.05, 0.1) is 5.69 Å². The van der Waals surface area contributed by atoms with Crippen LogP contribution in [0.4, 0.5) is 0 Å². The van der Waals surface area contributed by atoms with Gasteiger partial charge in [0, 0.05) is 12.6 Å². The quantitative estimate of drug-likeness (QED) is 0.853. The van der Waals surface area contributed by atoms with Gasteiger partial charge in [0.25, 0.3) is 0 Å². The minimum atomic E-state index is 0.695. The Morgan fingerprint density at radius 2 is 2.33 bits per heavy atom. The molecule has 1 aromatic heterocycles. The predicted molar refractivity (Wildman–Crippen MR) is 65.6 cm³/mol. The Labute approximate surface area is 99.6 Å². The SMILES string of the molecule is CC1CCC(NCc2cccc(Br)n2)C1. The molecule has 0 aromatic carbocycles. The molecule has 0 aliphatic heterocycles. The normalized spacial score (nSPS) is 25.7. The van der Waals surface area contributed by atoms with Gasteiger partial charge in [-0.1, -0.05) is 13.0 Å². The predicted octanol–water partition coefficient (Wildman–Crippen LogP) is 3.12. The Bertz CT molecular complexity index is 327. The van der Waals surface area contributed by atoms with Gasteiger partial charge in [-0.3, -0.25) is 0 Å². The van der Waals surface area contributed by atoms with Crippen molar-refractivity contribution in [1.29, 1.82) is 0 Å². The molecule has 2 atom stereocenters. The van der Waals surface area contributed by atoms with Crippen LogP contribution < -0.4 is 5.32 Å². The van der Waals surface area contributed by atoms with Crippen molar-refractivity contribution in [3.8, 4) is 0 Å². The highest BCUT2D eigenvalue weighted by atomic mass is 79.9. The molecule has 0 radical (unpaired) electrons. The number of hydrogen-bond acceptors (Lipinski definition) is 2. The summed E-state index contributed by atoms with van der Waals surface area (Å²) < 4.78 is 0.918. The van der Waals surface area contributed by atoms with Crippen molar-refractivity contribution in [3.63, 3.8) is 0 Å². The first-order chi connectivity index (χ1) is 7.24. The minimum absolute atomic E-state index is 0.695. The van der Waals surface area contributed by atoms with E-state index in [2.05, 4.69) is 39.2 Å². The molecule has 1 fully saturated rings. The molecule has 0 saturated heterocycles. The number of halogens is 1. The Morgan fingerprint density at radius 1 is 1.47 bits per heavy atom. The van der Waals surface area contributed by atoms with Crippen molar-refractivity contribution in [2.45, 2.75) is 38.8 Å². The average Bonchev–Trinajstić information content (AvgIpc) is 2.62. The molecule has 2 nitrogen and oxygen atoms in total. The van der Waals surface area contributed by atoms with Crippen LogP contribution in [0.5, 0.6) is 0 Å². The summed E-state index contributed by atoms with van der Waals surface area (Å²) in [5, 5.41) is 3.57. The molecule has 15 heavy (non-hydrogen) atoms. The summed E-state index contributed by atoms with van der Waals surface area (Å²) in [5.74, 6) is 0.887. The third-order valence-corrected chi connectivity index (χ3v) is 3.48. The lowest BCUT2D eigenvalue weighted by Gasteiger charge is -2.11. The van der Waals surface area contributed by atoms with Gasteiger partial charge in [0.2, 0.25) is 0 Å². The van der Waals surface area contributed by atoms with Crippen molar-refractivity contribution < 1.29 is 0 Å². The number of aromatic nitrogens is 1. The maximum absolute atomic E-state index is 4.41. The monoisotopic (exact) mass is 268 g/mol. The zero-order valence-corrected chi connectivity index (χ0v) is 10.6. The molecule has 0 bridgehead atoms. The molecular weight excluding hydrogens is 252 g/mol. The van der Waals surface area contributed by atoms with Crippen LogP contribution in [-0.4, -0.2) is 11.0 Å². The first-order valence-corrected chi connectivity index (χ1v) is 6.38. The molecule has 1 aromatic rings. The van der Waals surface area contributed by atoms with Crippen LogP contribution in [0.15, 0.2) is 22.8 Å². The Kier molecular flexibility index (Phi) is 3.76. The first kappa shape index (κ1) is 11.1. The van der Waals surface area contributed by atoms with Gasteiger partial charge in [-0.25, -0.2) is 4.98 Å². The summed E-state index contributed by atoms with van der Waals surface area (Å²) in [4.78, 5) is 4.41. The van der Waals surface area contributed by atoms with Crippen LogP contribution in [-0.2, 0) is 6.54 Å². The summed E-state index contributed by atoms with van der Waals surface area (Å²) in [7, 11) is 0. The molecule has 1 N–H and O–H groups in total. The highest BCUT2D eigenvalue weighted by Gasteiger charge is 2.20. The average molecular weight is 269 g/mol. The van der Waals surface area contributed by atoms with E-state index in [0.717, 1.165) is 22.8 Å². The van der Waals surface area contributed by atoms with Crippen LogP contribution in [0.3, 0.4) is 0 Å². The van der Waals surface area contributed by atoms with Crippen LogP contribution >= 0.6 is 15.9 Å². The minimum Gasteiger partial charge on any atom is -0.308 e. The first-order valence-electron chi connectivity index (χ1n) is 5.59. The molecule has 2 unspecified atom stereocenters. The van der Waals surface area contributed by atoms with Gasteiger partial charge in [-0.2, -0.15) is 0 Å². The fraction of sp³-hybridized carbons (Fsp3) is 0.583. The lowest BCUT2D eigenvalue weighted by Crippen LogP contribution is -2.26. The summed E-state index contributed by atoms with van der Waals surface area (Å²) in [6, 6.07) is 6.75. The third-order valence-electron chi connectivity index (χ3n) is 3.04. The van der Waals surface area contributed by atoms with E-state index in [1.807, 2.05) is 12.1 Å². The smallest absolute Gasteiger partial charge is 0.106 e. The van der Waals surface area contributed by atoms with Crippen molar-refractivity contribution in [2.24, 2.45) is 5.92 Å². The molecule has 82 valence electrons. The lowest BCUT2D eigenvalue weighted by molar-refractivity contribution is 0.498. The van der Waals surface area contributed by atoms with Gasteiger partial charge in [-0.05, 0) is 53.2 Å². The second-order valence-electron chi connectivity index (χ2n) is 4.45. The van der Waals surface area contributed by atoms with E-state index in [1.54, 1.807) is 0 Å². The summed E-state index contributed by atoms with van der Waals surface area (Å²) >= 11 is 3.39. The van der Waals surface area contributed by atoms with Crippen LogP contribution in [0, 0.1) is 5.92 Å². The lowest BCUT2D eigenvalue weighted by atomic mass is 10.1. The summed E-state index contributed by atoms with van der Waals surface area (Å²) in [6.07, 6.45) is 3.99. The molecule has 1 saturated carbocycles. The topological polar surface area (TPSA) is 24.9 Å². The van der Waals surface area contributed by atoms with Gasteiger partial charge in [-0.15, -0.1) is 0 Å². The molecule has 1 aliphatic carbocycles. The van der Waals surface area contributed by atoms with Gasteiger partial charge < -0.3 is 5.32 Å². The molecule has 0 spiro atoms. The van der Waals surface area contributed by atoms with E-state index in [4.69, 9.17) is 0 Å². The fourth-order valence-corrected chi connectivity index (χ4v) is 2.57. The third kappa shape index (κ3) is 3.28. The molecule has 3 heteroatoms. The van der Waals surface area contributed by atoms with Gasteiger partial charge in [0.15, 0.2) is 0 Å². The molecule has 1 aliphatic rings. The van der Waals surface area contributed by atoms with E-state index < -0.39 is 0 Å². The number of nitrogens with zero attached hydrogens (tertiary/aromatic N) is 1. The highest BCUT2D eigenvalue weighted by molar-refractivity contribution is 9.10. The van der Waals surface area contributed by atoms with Crippen molar-refractivity contribution >= 4 is 15.9 Å².